The summed E-state index contributed by atoms with van der Waals surface area (Å²) < 4.78 is 13.8. The third kappa shape index (κ3) is 2.42. The zero-order valence-corrected chi connectivity index (χ0v) is 11.0. The molecule has 1 aliphatic rings. The molecule has 0 bridgehead atoms. The highest BCUT2D eigenvalue weighted by atomic mass is 19.1. The molecule has 2 aromatic rings. The minimum atomic E-state index is -0.502. The van der Waals surface area contributed by atoms with Crippen LogP contribution in [-0.2, 0) is 12.8 Å². The Bertz CT molecular complexity index is 629. The van der Waals surface area contributed by atoms with E-state index in [-0.39, 0.29) is 11.8 Å². The fourth-order valence-electron chi connectivity index (χ4n) is 2.55. The lowest BCUT2D eigenvalue weighted by atomic mass is 9.90. The molecule has 0 spiro atoms. The maximum atomic E-state index is 13.8. The van der Waals surface area contributed by atoms with Gasteiger partial charge in [0.05, 0.1) is 6.20 Å². The summed E-state index contributed by atoms with van der Waals surface area (Å²) in [6.45, 7) is 0. The smallest absolute Gasteiger partial charge is 0.239 e. The molecule has 0 atom stereocenters. The van der Waals surface area contributed by atoms with Gasteiger partial charge in [-0.05, 0) is 42.9 Å². The van der Waals surface area contributed by atoms with Crippen molar-refractivity contribution in [3.8, 4) is 0 Å². The number of aryl methyl sites for hydroxylation is 1. The number of nitrogen functional groups attached to an aromatic ring is 1. The van der Waals surface area contributed by atoms with Crippen LogP contribution in [0, 0.1) is 5.82 Å². The average Bonchev–Trinajstić information content (AvgIpc) is 2.50. The molecule has 0 amide bonds. The number of hydrogen-bond donors (Lipinski definition) is 3. The van der Waals surface area contributed by atoms with Gasteiger partial charge in [-0.1, -0.05) is 12.1 Å². The Labute approximate surface area is 116 Å². The summed E-state index contributed by atoms with van der Waals surface area (Å²) in [4.78, 5) is 7.73. The fourth-order valence-corrected chi connectivity index (χ4v) is 2.55. The molecular weight excluding hydrogens is 257 g/mol. The molecule has 1 aromatic heterocycles. The number of halogens is 1. The van der Waals surface area contributed by atoms with Crippen molar-refractivity contribution in [2.45, 2.75) is 25.7 Å². The first-order valence-electron chi connectivity index (χ1n) is 6.65. The van der Waals surface area contributed by atoms with Crippen LogP contribution >= 0.6 is 0 Å². The number of rotatable bonds is 3. The molecule has 1 aromatic carbocycles. The van der Waals surface area contributed by atoms with Gasteiger partial charge >= 0.3 is 0 Å². The van der Waals surface area contributed by atoms with Crippen molar-refractivity contribution >= 4 is 17.5 Å². The second kappa shape index (κ2) is 5.42. The number of anilines is 3. The van der Waals surface area contributed by atoms with Crippen LogP contribution in [-0.4, -0.2) is 9.97 Å². The highest BCUT2D eigenvalue weighted by Gasteiger charge is 2.14. The molecule has 6 heteroatoms. The van der Waals surface area contributed by atoms with Crippen LogP contribution in [0.5, 0.6) is 0 Å². The van der Waals surface area contributed by atoms with Gasteiger partial charge in [0.25, 0.3) is 0 Å². The van der Waals surface area contributed by atoms with Crippen molar-refractivity contribution in [3.63, 3.8) is 0 Å². The number of aromatic nitrogens is 2. The van der Waals surface area contributed by atoms with Crippen molar-refractivity contribution in [2.75, 3.05) is 10.7 Å². The van der Waals surface area contributed by atoms with E-state index < -0.39 is 5.82 Å². The topological polar surface area (TPSA) is 75.9 Å². The van der Waals surface area contributed by atoms with Crippen molar-refractivity contribution in [3.05, 3.63) is 41.3 Å². The predicted octanol–water partition coefficient (Wildman–Crippen LogP) is 2.52. The highest BCUT2D eigenvalue weighted by molar-refractivity contribution is 5.63. The number of benzene rings is 1. The van der Waals surface area contributed by atoms with E-state index in [1.54, 1.807) is 0 Å². The monoisotopic (exact) mass is 273 g/mol. The Hall–Kier alpha value is -2.21. The van der Waals surface area contributed by atoms with Crippen LogP contribution in [0.4, 0.5) is 21.8 Å². The second-order valence-electron chi connectivity index (χ2n) is 4.81. The van der Waals surface area contributed by atoms with Crippen LogP contribution < -0.4 is 16.6 Å². The van der Waals surface area contributed by atoms with E-state index in [2.05, 4.69) is 26.8 Å². The van der Waals surface area contributed by atoms with Gasteiger partial charge in [-0.25, -0.2) is 15.2 Å². The number of hydrogen-bond acceptors (Lipinski definition) is 5. The Morgan fingerprint density at radius 1 is 1.20 bits per heavy atom. The first-order chi connectivity index (χ1) is 9.78. The van der Waals surface area contributed by atoms with Crippen LogP contribution in [0.1, 0.15) is 24.0 Å². The molecular formula is C14H16FN5. The Balaban J connectivity index is 1.95. The summed E-state index contributed by atoms with van der Waals surface area (Å²) in [6.07, 6.45) is 5.55. The number of hydrazine groups is 1. The predicted molar refractivity (Wildman–Crippen MR) is 76.2 cm³/mol. The average molecular weight is 273 g/mol. The molecule has 0 unspecified atom stereocenters. The Kier molecular flexibility index (Phi) is 3.47. The summed E-state index contributed by atoms with van der Waals surface area (Å²) in [5.74, 6) is 5.06. The summed E-state index contributed by atoms with van der Waals surface area (Å²) in [7, 11) is 0. The van der Waals surface area contributed by atoms with Gasteiger partial charge in [0.1, 0.15) is 0 Å². The Morgan fingerprint density at radius 3 is 2.90 bits per heavy atom. The number of nitrogens with two attached hydrogens (primary N) is 1. The van der Waals surface area contributed by atoms with Crippen LogP contribution in [0.25, 0.3) is 0 Å². The highest BCUT2D eigenvalue weighted by Crippen LogP contribution is 2.30. The van der Waals surface area contributed by atoms with Gasteiger partial charge in [0.2, 0.25) is 5.95 Å². The largest absolute Gasteiger partial charge is 0.337 e. The van der Waals surface area contributed by atoms with E-state index in [0.717, 1.165) is 31.1 Å². The molecule has 1 aliphatic carbocycles. The van der Waals surface area contributed by atoms with Crippen molar-refractivity contribution in [1.29, 1.82) is 0 Å². The summed E-state index contributed by atoms with van der Waals surface area (Å²) in [5, 5.41) is 3.05. The number of nitrogens with zero attached hydrogens (tertiary/aromatic N) is 2. The second-order valence-corrected chi connectivity index (χ2v) is 4.81. The molecule has 4 N–H and O–H groups in total. The minimum absolute atomic E-state index is 0.131. The van der Waals surface area contributed by atoms with Gasteiger partial charge in [0, 0.05) is 5.69 Å². The lowest BCUT2D eigenvalue weighted by Gasteiger charge is -2.20. The van der Waals surface area contributed by atoms with Gasteiger partial charge in [0.15, 0.2) is 11.6 Å². The third-order valence-corrected chi connectivity index (χ3v) is 3.52. The molecule has 1 heterocycles. The Morgan fingerprint density at radius 2 is 2.05 bits per heavy atom. The van der Waals surface area contributed by atoms with Gasteiger partial charge < -0.3 is 5.32 Å². The normalized spacial score (nSPS) is 13.7. The van der Waals surface area contributed by atoms with E-state index in [1.165, 1.54) is 17.5 Å². The molecule has 5 nitrogen and oxygen atoms in total. The van der Waals surface area contributed by atoms with E-state index in [9.17, 15) is 4.39 Å². The molecule has 0 aliphatic heterocycles. The molecule has 3 rings (SSSR count). The van der Waals surface area contributed by atoms with E-state index in [0.29, 0.717) is 0 Å². The maximum Gasteiger partial charge on any atom is 0.239 e. The first kappa shape index (κ1) is 12.8. The summed E-state index contributed by atoms with van der Waals surface area (Å²) >= 11 is 0. The number of fused-ring (bicyclic) bond motifs is 1. The standard InChI is InChI=1S/C14H16FN5/c15-11-8-17-14(20-16)19-13(11)18-12-7-3-5-9-4-1-2-6-10(9)12/h3,5,7-8H,1-2,4,6,16H2,(H2,17,18,19,20). The molecule has 20 heavy (non-hydrogen) atoms. The van der Waals surface area contributed by atoms with Crippen LogP contribution in [0.15, 0.2) is 24.4 Å². The zero-order chi connectivity index (χ0) is 13.9. The lowest BCUT2D eigenvalue weighted by molar-refractivity contribution is 0.619. The van der Waals surface area contributed by atoms with Crippen LogP contribution in [0.3, 0.4) is 0 Å². The van der Waals surface area contributed by atoms with Gasteiger partial charge in [-0.2, -0.15) is 4.98 Å². The quantitative estimate of drug-likeness (QED) is 0.592. The van der Waals surface area contributed by atoms with E-state index in [4.69, 9.17) is 5.84 Å². The minimum Gasteiger partial charge on any atom is -0.337 e. The molecule has 0 radical (unpaired) electrons. The molecule has 0 fully saturated rings. The summed E-state index contributed by atoms with van der Waals surface area (Å²) in [5.41, 5.74) is 5.79. The van der Waals surface area contributed by atoms with Crippen molar-refractivity contribution in [1.82, 2.24) is 9.97 Å². The van der Waals surface area contributed by atoms with E-state index >= 15 is 0 Å². The third-order valence-electron chi connectivity index (χ3n) is 3.52. The zero-order valence-electron chi connectivity index (χ0n) is 11.0. The lowest BCUT2D eigenvalue weighted by Crippen LogP contribution is -2.12. The number of nitrogens with one attached hydrogen (secondary N) is 2. The molecule has 0 saturated carbocycles. The summed E-state index contributed by atoms with van der Waals surface area (Å²) in [6, 6.07) is 6.05. The van der Waals surface area contributed by atoms with Crippen LogP contribution in [0.2, 0.25) is 0 Å². The molecule has 0 saturated heterocycles. The fraction of sp³-hybridized carbons (Fsp3) is 0.286. The molecule has 104 valence electrons. The van der Waals surface area contributed by atoms with Crippen molar-refractivity contribution in [2.24, 2.45) is 5.84 Å². The van der Waals surface area contributed by atoms with Crippen molar-refractivity contribution < 1.29 is 4.39 Å². The van der Waals surface area contributed by atoms with E-state index in [1.807, 2.05) is 12.1 Å². The SMILES string of the molecule is NNc1ncc(F)c(Nc2cccc3c2CCCC3)n1. The van der Waals surface area contributed by atoms with Gasteiger partial charge in [-0.3, -0.25) is 5.43 Å². The van der Waals surface area contributed by atoms with Gasteiger partial charge in [-0.15, -0.1) is 0 Å². The first-order valence-corrected chi connectivity index (χ1v) is 6.65. The maximum absolute atomic E-state index is 13.8.